The van der Waals surface area contributed by atoms with Gasteiger partial charge >= 0.3 is 0 Å². The maximum atomic E-state index is 6.02. The van der Waals surface area contributed by atoms with Gasteiger partial charge < -0.3 is 10.1 Å². The second-order valence-electron chi connectivity index (χ2n) is 6.03. The zero-order chi connectivity index (χ0) is 18.5. The van der Waals surface area contributed by atoms with Gasteiger partial charge in [-0.2, -0.15) is 0 Å². The fourth-order valence-corrected chi connectivity index (χ4v) is 4.23. The molecule has 3 aromatic carbocycles. The summed E-state index contributed by atoms with van der Waals surface area (Å²) in [6, 6.07) is 20.2. The zero-order valence-corrected chi connectivity index (χ0v) is 18.2. The van der Waals surface area contributed by atoms with Crippen LogP contribution in [-0.4, -0.2) is 0 Å². The Morgan fingerprint density at radius 1 is 0.923 bits per heavy atom. The number of rotatable bonds is 6. The number of anilines is 1. The van der Waals surface area contributed by atoms with Gasteiger partial charge in [-0.3, -0.25) is 0 Å². The third-order valence-electron chi connectivity index (χ3n) is 3.88. The molecule has 0 aromatic heterocycles. The van der Waals surface area contributed by atoms with Gasteiger partial charge in [-0.05, 0) is 86.3 Å². The second kappa shape index (κ2) is 8.94. The molecule has 0 spiro atoms. The molecule has 0 amide bonds. The quantitative estimate of drug-likeness (QED) is 0.386. The van der Waals surface area contributed by atoms with Gasteiger partial charge in [-0.1, -0.05) is 41.4 Å². The number of hydrogen-bond acceptors (Lipinski definition) is 2. The van der Waals surface area contributed by atoms with E-state index in [4.69, 9.17) is 16.3 Å². The molecule has 5 heteroatoms. The van der Waals surface area contributed by atoms with Crippen molar-refractivity contribution >= 4 is 49.1 Å². The van der Waals surface area contributed by atoms with Crippen molar-refractivity contribution in [2.24, 2.45) is 0 Å². The molecule has 3 aromatic rings. The summed E-state index contributed by atoms with van der Waals surface area (Å²) in [4.78, 5) is 0. The highest BCUT2D eigenvalue weighted by Gasteiger charge is 2.10. The summed E-state index contributed by atoms with van der Waals surface area (Å²) >= 11 is 13.2. The molecule has 0 saturated heterocycles. The lowest BCUT2D eigenvalue weighted by Crippen LogP contribution is -2.01. The van der Waals surface area contributed by atoms with Crippen molar-refractivity contribution in [3.05, 3.63) is 91.3 Å². The van der Waals surface area contributed by atoms with E-state index in [-0.39, 0.29) is 0 Å². The molecule has 0 heterocycles. The molecular weight excluding hydrogens is 477 g/mol. The molecule has 0 bridgehead atoms. The van der Waals surface area contributed by atoms with E-state index in [1.807, 2.05) is 24.3 Å². The van der Waals surface area contributed by atoms with Crippen LogP contribution in [0.4, 0.5) is 5.69 Å². The monoisotopic (exact) mass is 493 g/mol. The minimum Gasteiger partial charge on any atom is -0.487 e. The van der Waals surface area contributed by atoms with Gasteiger partial charge in [-0.25, -0.2) is 0 Å². The van der Waals surface area contributed by atoms with Crippen LogP contribution in [0.3, 0.4) is 0 Å². The van der Waals surface area contributed by atoms with Crippen molar-refractivity contribution in [1.29, 1.82) is 0 Å². The van der Waals surface area contributed by atoms with Gasteiger partial charge in [0.05, 0.1) is 8.95 Å². The molecular formula is C21H18Br2ClNO. The number of benzene rings is 3. The molecule has 134 valence electrons. The molecule has 0 aliphatic rings. The Kier molecular flexibility index (Phi) is 6.63. The Morgan fingerprint density at radius 3 is 2.27 bits per heavy atom. The maximum absolute atomic E-state index is 6.02. The van der Waals surface area contributed by atoms with E-state index >= 15 is 0 Å². The highest BCUT2D eigenvalue weighted by atomic mass is 79.9. The molecule has 0 aliphatic heterocycles. The van der Waals surface area contributed by atoms with E-state index in [0.717, 1.165) is 38.1 Å². The van der Waals surface area contributed by atoms with Crippen LogP contribution in [0.25, 0.3) is 0 Å². The molecule has 0 aliphatic carbocycles. The van der Waals surface area contributed by atoms with E-state index in [9.17, 15) is 0 Å². The third-order valence-corrected chi connectivity index (χ3v) is 5.29. The molecule has 0 unspecified atom stereocenters. The summed E-state index contributed by atoms with van der Waals surface area (Å²) in [5, 5.41) is 4.14. The van der Waals surface area contributed by atoms with Gasteiger partial charge in [0.25, 0.3) is 0 Å². The lowest BCUT2D eigenvalue weighted by Gasteiger charge is -2.13. The van der Waals surface area contributed by atoms with Crippen LogP contribution in [-0.2, 0) is 13.2 Å². The molecule has 3 rings (SSSR count). The minimum atomic E-state index is 0.457. The largest absolute Gasteiger partial charge is 0.487 e. The fraction of sp³-hybridized carbons (Fsp3) is 0.143. The Hall–Kier alpha value is -1.49. The number of halogens is 3. The zero-order valence-electron chi connectivity index (χ0n) is 14.2. The fourth-order valence-electron chi connectivity index (χ4n) is 2.51. The predicted molar refractivity (Wildman–Crippen MR) is 116 cm³/mol. The first kappa shape index (κ1) is 19.3. The van der Waals surface area contributed by atoms with Crippen LogP contribution in [0.1, 0.15) is 16.7 Å². The number of aryl methyl sites for hydroxylation is 1. The van der Waals surface area contributed by atoms with Crippen LogP contribution >= 0.6 is 43.5 Å². The van der Waals surface area contributed by atoms with Gasteiger partial charge in [0.15, 0.2) is 0 Å². The van der Waals surface area contributed by atoms with E-state index in [0.29, 0.717) is 11.6 Å². The first-order valence-electron chi connectivity index (χ1n) is 8.17. The third kappa shape index (κ3) is 5.26. The van der Waals surface area contributed by atoms with Crippen LogP contribution in [0.5, 0.6) is 5.75 Å². The normalized spacial score (nSPS) is 10.6. The van der Waals surface area contributed by atoms with Crippen molar-refractivity contribution in [1.82, 2.24) is 0 Å². The second-order valence-corrected chi connectivity index (χ2v) is 8.17. The Bertz CT molecular complexity index is 874. The maximum Gasteiger partial charge on any atom is 0.148 e. The standard InChI is InChI=1S/C21H18Br2ClNO/c1-14-5-7-18(8-6-14)25-12-16-10-19(22)21(20(23)11-16)26-13-15-3-2-4-17(24)9-15/h2-11,25H,12-13H2,1H3. The molecule has 0 radical (unpaired) electrons. The number of hydrogen-bond donors (Lipinski definition) is 1. The lowest BCUT2D eigenvalue weighted by molar-refractivity contribution is 0.302. The summed E-state index contributed by atoms with van der Waals surface area (Å²) in [5.74, 6) is 0.782. The van der Waals surface area contributed by atoms with Crippen LogP contribution in [0.2, 0.25) is 5.02 Å². The summed E-state index contributed by atoms with van der Waals surface area (Å²) in [6.07, 6.45) is 0. The van der Waals surface area contributed by atoms with Gasteiger partial charge in [0, 0.05) is 17.3 Å². The first-order valence-corrected chi connectivity index (χ1v) is 10.1. The Morgan fingerprint density at radius 2 is 1.62 bits per heavy atom. The van der Waals surface area contributed by atoms with E-state index in [2.05, 4.69) is 80.5 Å². The van der Waals surface area contributed by atoms with Crippen molar-refractivity contribution < 1.29 is 4.74 Å². The first-order chi connectivity index (χ1) is 12.5. The van der Waals surface area contributed by atoms with Crippen molar-refractivity contribution in [3.8, 4) is 5.75 Å². The van der Waals surface area contributed by atoms with Crippen molar-refractivity contribution in [3.63, 3.8) is 0 Å². The van der Waals surface area contributed by atoms with Crippen LogP contribution < -0.4 is 10.1 Å². The van der Waals surface area contributed by atoms with Crippen molar-refractivity contribution in [2.45, 2.75) is 20.1 Å². The molecule has 0 saturated carbocycles. The van der Waals surface area contributed by atoms with Gasteiger partial charge in [0.1, 0.15) is 12.4 Å². The molecule has 0 fully saturated rings. The number of nitrogens with one attached hydrogen (secondary N) is 1. The van der Waals surface area contributed by atoms with Gasteiger partial charge in [0.2, 0.25) is 0 Å². The molecule has 0 atom stereocenters. The van der Waals surface area contributed by atoms with E-state index < -0.39 is 0 Å². The van der Waals surface area contributed by atoms with Crippen LogP contribution in [0, 0.1) is 6.92 Å². The average molecular weight is 496 g/mol. The average Bonchev–Trinajstić information content (AvgIpc) is 2.60. The molecule has 2 nitrogen and oxygen atoms in total. The topological polar surface area (TPSA) is 21.3 Å². The van der Waals surface area contributed by atoms with E-state index in [1.54, 1.807) is 0 Å². The minimum absolute atomic E-state index is 0.457. The molecule has 1 N–H and O–H groups in total. The SMILES string of the molecule is Cc1ccc(NCc2cc(Br)c(OCc3cccc(Cl)c3)c(Br)c2)cc1. The van der Waals surface area contributed by atoms with Crippen LogP contribution in [0.15, 0.2) is 69.6 Å². The summed E-state index contributed by atoms with van der Waals surface area (Å²) < 4.78 is 7.79. The summed E-state index contributed by atoms with van der Waals surface area (Å²) in [6.45, 7) is 3.27. The smallest absolute Gasteiger partial charge is 0.148 e. The number of ether oxygens (including phenoxy) is 1. The van der Waals surface area contributed by atoms with Crippen molar-refractivity contribution in [2.75, 3.05) is 5.32 Å². The Labute approximate surface area is 175 Å². The molecule has 26 heavy (non-hydrogen) atoms. The highest BCUT2D eigenvalue weighted by Crippen LogP contribution is 2.35. The lowest BCUT2D eigenvalue weighted by atomic mass is 10.2. The predicted octanol–water partition coefficient (Wildman–Crippen LogP) is 7.36. The Balaban J connectivity index is 1.66. The van der Waals surface area contributed by atoms with Gasteiger partial charge in [-0.15, -0.1) is 0 Å². The summed E-state index contributed by atoms with van der Waals surface area (Å²) in [5.41, 5.74) is 4.53. The summed E-state index contributed by atoms with van der Waals surface area (Å²) in [7, 11) is 0. The van der Waals surface area contributed by atoms with E-state index in [1.165, 1.54) is 5.56 Å². The highest BCUT2D eigenvalue weighted by molar-refractivity contribution is 9.11.